The molecule has 3 heteroatoms. The molecule has 0 aromatic carbocycles. The lowest BCUT2D eigenvalue weighted by Crippen LogP contribution is -2.35. The maximum Gasteiger partial charge on any atom is 0.309 e. The average molecular weight is 244 g/mol. The second-order valence-electron chi connectivity index (χ2n) is 5.46. The molecule has 0 spiro atoms. The molecule has 0 aromatic rings. The molecule has 0 radical (unpaired) electrons. The van der Waals surface area contributed by atoms with Crippen LogP contribution in [0.2, 0.25) is 0 Å². The van der Waals surface area contributed by atoms with Gasteiger partial charge >= 0.3 is 5.97 Å². The molecule has 0 bridgehead atoms. The van der Waals surface area contributed by atoms with Crippen LogP contribution in [0.25, 0.3) is 0 Å². The largest absolute Gasteiger partial charge is 0.481 e. The second-order valence-corrected chi connectivity index (χ2v) is 5.46. The van der Waals surface area contributed by atoms with Gasteiger partial charge in [0.2, 0.25) is 0 Å². The molecule has 100 valence electrons. The molecular weight excluding hydrogens is 219 g/mol. The van der Waals surface area contributed by atoms with Gasteiger partial charge < -0.3 is 5.11 Å². The van der Waals surface area contributed by atoms with Crippen LogP contribution < -0.4 is 0 Å². The van der Waals surface area contributed by atoms with Gasteiger partial charge in [0.05, 0.1) is 12.1 Å². The number of aliphatic carboxylic acids is 1. The Morgan fingerprint density at radius 3 is 2.47 bits per heavy atom. The lowest BCUT2D eigenvalue weighted by molar-refractivity contribution is -0.152. The molecule has 1 rings (SSSR count). The summed E-state index contributed by atoms with van der Waals surface area (Å²) in [5.74, 6) is -0.00677. The first-order valence-electron chi connectivity index (χ1n) is 6.94. The van der Waals surface area contributed by atoms with E-state index in [9.17, 15) is 14.3 Å². The van der Waals surface area contributed by atoms with Crippen LogP contribution in [-0.4, -0.2) is 17.8 Å². The highest BCUT2D eigenvalue weighted by atomic mass is 19.1. The maximum atomic E-state index is 12.2. The van der Waals surface area contributed by atoms with Crippen molar-refractivity contribution < 1.29 is 14.3 Å². The molecule has 1 saturated carbocycles. The van der Waals surface area contributed by atoms with Gasteiger partial charge in [-0.2, -0.15) is 0 Å². The lowest BCUT2D eigenvalue weighted by atomic mass is 9.67. The van der Waals surface area contributed by atoms with Gasteiger partial charge in [-0.25, -0.2) is 0 Å². The molecule has 1 aliphatic carbocycles. The fraction of sp³-hybridized carbons (Fsp3) is 0.929. The molecule has 1 N–H and O–H groups in total. The first-order valence-corrected chi connectivity index (χ1v) is 6.94. The van der Waals surface area contributed by atoms with E-state index in [-0.39, 0.29) is 0 Å². The van der Waals surface area contributed by atoms with Crippen LogP contribution in [0.3, 0.4) is 0 Å². The Morgan fingerprint density at radius 2 is 2.00 bits per heavy atom. The SMILES string of the molecule is CCCCC1CCC(CCCF)(C(=O)O)CC1. The first-order chi connectivity index (χ1) is 8.14. The van der Waals surface area contributed by atoms with Gasteiger partial charge in [-0.1, -0.05) is 26.2 Å². The summed E-state index contributed by atoms with van der Waals surface area (Å²) in [4.78, 5) is 11.4. The summed E-state index contributed by atoms with van der Waals surface area (Å²) < 4.78 is 12.2. The van der Waals surface area contributed by atoms with Crippen LogP contribution in [0.1, 0.15) is 64.7 Å². The van der Waals surface area contributed by atoms with E-state index >= 15 is 0 Å². The molecule has 0 aliphatic heterocycles. The zero-order chi connectivity index (χ0) is 12.7. The molecule has 2 nitrogen and oxygen atoms in total. The number of alkyl halides is 1. The van der Waals surface area contributed by atoms with Gasteiger partial charge in [-0.05, 0) is 44.4 Å². The number of carbonyl (C=O) groups is 1. The fourth-order valence-corrected chi connectivity index (χ4v) is 2.99. The highest BCUT2D eigenvalue weighted by molar-refractivity contribution is 5.74. The molecule has 0 aromatic heterocycles. The molecule has 0 unspecified atom stereocenters. The predicted molar refractivity (Wildman–Crippen MR) is 66.8 cm³/mol. The number of rotatable bonds is 7. The summed E-state index contributed by atoms with van der Waals surface area (Å²) in [6, 6.07) is 0. The smallest absolute Gasteiger partial charge is 0.309 e. The van der Waals surface area contributed by atoms with E-state index in [1.807, 2.05) is 0 Å². The van der Waals surface area contributed by atoms with E-state index in [0.717, 1.165) is 25.7 Å². The molecule has 0 saturated heterocycles. The molecule has 0 atom stereocenters. The number of hydrogen-bond donors (Lipinski definition) is 1. The summed E-state index contributed by atoms with van der Waals surface area (Å²) in [6.45, 7) is 1.79. The molecule has 1 aliphatic rings. The fourth-order valence-electron chi connectivity index (χ4n) is 2.99. The molecular formula is C14H25FO2. The zero-order valence-corrected chi connectivity index (χ0v) is 10.9. The van der Waals surface area contributed by atoms with Crippen molar-refractivity contribution in [3.8, 4) is 0 Å². The van der Waals surface area contributed by atoms with E-state index in [1.54, 1.807) is 0 Å². The first kappa shape index (κ1) is 14.5. The third-order valence-corrected chi connectivity index (χ3v) is 4.27. The van der Waals surface area contributed by atoms with Gasteiger partial charge in [0, 0.05) is 0 Å². The minimum Gasteiger partial charge on any atom is -0.481 e. The van der Waals surface area contributed by atoms with E-state index in [1.165, 1.54) is 19.3 Å². The van der Waals surface area contributed by atoms with E-state index < -0.39 is 18.1 Å². The molecule has 0 heterocycles. The van der Waals surface area contributed by atoms with Crippen molar-refractivity contribution in [2.24, 2.45) is 11.3 Å². The van der Waals surface area contributed by atoms with Crippen LogP contribution in [0, 0.1) is 11.3 Å². The third-order valence-electron chi connectivity index (χ3n) is 4.27. The zero-order valence-electron chi connectivity index (χ0n) is 10.9. The Balaban J connectivity index is 2.46. The van der Waals surface area contributed by atoms with Crippen LogP contribution in [0.15, 0.2) is 0 Å². The third kappa shape index (κ3) is 3.97. The normalized spacial score (nSPS) is 29.2. The minimum absolute atomic E-state index is 0.395. The summed E-state index contributed by atoms with van der Waals surface area (Å²) >= 11 is 0. The van der Waals surface area contributed by atoms with Crippen molar-refractivity contribution in [1.29, 1.82) is 0 Å². The predicted octanol–water partition coefficient (Wildman–Crippen LogP) is 4.19. The molecule has 17 heavy (non-hydrogen) atoms. The van der Waals surface area contributed by atoms with Gasteiger partial charge in [0.15, 0.2) is 0 Å². The molecule has 0 amide bonds. The van der Waals surface area contributed by atoms with Gasteiger partial charge in [-0.15, -0.1) is 0 Å². The van der Waals surface area contributed by atoms with E-state index in [0.29, 0.717) is 18.8 Å². The van der Waals surface area contributed by atoms with Crippen LogP contribution in [0.4, 0.5) is 4.39 Å². The number of unbranched alkanes of at least 4 members (excludes halogenated alkanes) is 1. The van der Waals surface area contributed by atoms with E-state index in [4.69, 9.17) is 0 Å². The number of hydrogen-bond acceptors (Lipinski definition) is 1. The van der Waals surface area contributed by atoms with Crippen molar-refractivity contribution in [2.75, 3.05) is 6.67 Å². The van der Waals surface area contributed by atoms with E-state index in [2.05, 4.69) is 6.92 Å². The average Bonchev–Trinajstić information content (AvgIpc) is 2.35. The second kappa shape index (κ2) is 6.97. The standard InChI is InChI=1S/C14H25FO2/c1-2-3-5-12-6-9-14(10-7-12,13(16)17)8-4-11-15/h12H,2-11H2,1H3,(H,16,17). The minimum atomic E-state index is -0.708. The number of carboxylic acids is 1. The quantitative estimate of drug-likeness (QED) is 0.729. The number of halogens is 1. The van der Waals surface area contributed by atoms with Crippen molar-refractivity contribution in [2.45, 2.75) is 64.7 Å². The topological polar surface area (TPSA) is 37.3 Å². The lowest BCUT2D eigenvalue weighted by Gasteiger charge is -2.36. The van der Waals surface area contributed by atoms with Crippen LogP contribution in [0.5, 0.6) is 0 Å². The Morgan fingerprint density at radius 1 is 1.35 bits per heavy atom. The van der Waals surface area contributed by atoms with Crippen molar-refractivity contribution >= 4 is 5.97 Å². The number of carboxylic acid groups (broad SMARTS) is 1. The van der Waals surface area contributed by atoms with Crippen molar-refractivity contribution in [1.82, 2.24) is 0 Å². The van der Waals surface area contributed by atoms with Crippen LogP contribution in [-0.2, 0) is 4.79 Å². The van der Waals surface area contributed by atoms with Crippen molar-refractivity contribution in [3.05, 3.63) is 0 Å². The summed E-state index contributed by atoms with van der Waals surface area (Å²) in [5, 5.41) is 9.36. The summed E-state index contributed by atoms with van der Waals surface area (Å²) in [7, 11) is 0. The molecule has 1 fully saturated rings. The Bertz CT molecular complexity index is 232. The van der Waals surface area contributed by atoms with Crippen molar-refractivity contribution in [3.63, 3.8) is 0 Å². The Kier molecular flexibility index (Phi) is 5.93. The van der Waals surface area contributed by atoms with Gasteiger partial charge in [0.25, 0.3) is 0 Å². The maximum absolute atomic E-state index is 12.2. The highest BCUT2D eigenvalue weighted by Gasteiger charge is 2.41. The Labute approximate surface area is 104 Å². The van der Waals surface area contributed by atoms with Gasteiger partial charge in [0.1, 0.15) is 0 Å². The van der Waals surface area contributed by atoms with Crippen LogP contribution >= 0.6 is 0 Å². The van der Waals surface area contributed by atoms with Gasteiger partial charge in [-0.3, -0.25) is 9.18 Å². The Hall–Kier alpha value is -0.600. The monoisotopic (exact) mass is 244 g/mol. The highest BCUT2D eigenvalue weighted by Crippen LogP contribution is 2.44. The summed E-state index contributed by atoms with van der Waals surface area (Å²) in [5.41, 5.74) is -0.616. The summed E-state index contributed by atoms with van der Waals surface area (Å²) in [6.07, 6.45) is 8.11.